The Hall–Kier alpha value is -2.49. The molecular formula is C25H36N4O4S. The summed E-state index contributed by atoms with van der Waals surface area (Å²) in [6, 6.07) is 5.34. The number of likely N-dealkylation sites (N-methyl/N-ethyl adjacent to an activating group) is 1. The molecule has 2 aromatic rings. The molecule has 0 aliphatic carbocycles. The molecule has 0 saturated carbocycles. The number of fused-ring (bicyclic) bond motifs is 1. The Morgan fingerprint density at radius 2 is 2.12 bits per heavy atom. The molecule has 8 nitrogen and oxygen atoms in total. The molecule has 0 unspecified atom stereocenters. The van der Waals surface area contributed by atoms with E-state index in [0.29, 0.717) is 36.6 Å². The number of thiazole rings is 1. The number of hydrogen-bond acceptors (Lipinski definition) is 7. The summed E-state index contributed by atoms with van der Waals surface area (Å²) in [5.74, 6) is 0.455. The third-order valence-electron chi connectivity index (χ3n) is 6.16. The fourth-order valence-electron chi connectivity index (χ4n) is 4.10. The van der Waals surface area contributed by atoms with Gasteiger partial charge in [0.2, 0.25) is 5.91 Å². The summed E-state index contributed by atoms with van der Waals surface area (Å²) in [4.78, 5) is 34.0. The molecule has 2 heterocycles. The lowest BCUT2D eigenvalue weighted by Crippen LogP contribution is -2.46. The van der Waals surface area contributed by atoms with Crippen LogP contribution >= 0.6 is 11.3 Å². The van der Waals surface area contributed by atoms with Crippen molar-refractivity contribution in [2.45, 2.75) is 52.3 Å². The highest BCUT2D eigenvalue weighted by Crippen LogP contribution is 2.27. The number of methoxy groups -OCH3 is 1. The van der Waals surface area contributed by atoms with Gasteiger partial charge < -0.3 is 19.7 Å². The van der Waals surface area contributed by atoms with E-state index in [9.17, 15) is 9.59 Å². The third kappa shape index (κ3) is 6.77. The largest absolute Gasteiger partial charge is 0.491 e. The molecule has 0 saturated heterocycles. The maximum absolute atomic E-state index is 13.4. The lowest BCUT2D eigenvalue weighted by molar-refractivity contribution is -0.116. The van der Waals surface area contributed by atoms with Crippen LogP contribution in [0, 0.1) is 5.92 Å². The summed E-state index contributed by atoms with van der Waals surface area (Å²) in [7, 11) is 3.47. The van der Waals surface area contributed by atoms with E-state index in [-0.39, 0.29) is 29.9 Å². The van der Waals surface area contributed by atoms with Gasteiger partial charge in [-0.2, -0.15) is 0 Å². The monoisotopic (exact) mass is 488 g/mol. The van der Waals surface area contributed by atoms with E-state index in [4.69, 9.17) is 9.47 Å². The second-order valence-corrected chi connectivity index (χ2v) is 9.94. The maximum atomic E-state index is 13.4. The molecule has 3 rings (SSSR count). The van der Waals surface area contributed by atoms with E-state index >= 15 is 0 Å². The Kier molecular flexibility index (Phi) is 9.44. The molecule has 186 valence electrons. The first-order valence-corrected chi connectivity index (χ1v) is 12.7. The van der Waals surface area contributed by atoms with Crippen molar-refractivity contribution in [2.75, 3.05) is 39.2 Å². The van der Waals surface area contributed by atoms with Gasteiger partial charge in [0.1, 0.15) is 17.4 Å². The normalized spacial score (nSPS) is 22.3. The van der Waals surface area contributed by atoms with E-state index in [1.807, 2.05) is 18.5 Å². The van der Waals surface area contributed by atoms with Crippen LogP contribution < -0.4 is 10.1 Å². The predicted molar refractivity (Wildman–Crippen MR) is 134 cm³/mol. The van der Waals surface area contributed by atoms with Gasteiger partial charge in [-0.25, -0.2) is 4.98 Å². The zero-order valence-electron chi connectivity index (χ0n) is 20.7. The molecule has 2 amide bonds. The first-order chi connectivity index (χ1) is 16.3. The first-order valence-electron chi connectivity index (χ1n) is 11.8. The molecular weight excluding hydrogens is 452 g/mol. The van der Waals surface area contributed by atoms with Crippen LogP contribution in [-0.2, 0) is 16.1 Å². The Bertz CT molecular complexity index is 952. The van der Waals surface area contributed by atoms with Gasteiger partial charge in [0.15, 0.2) is 0 Å². The number of carbonyl (C=O) groups is 2. The summed E-state index contributed by atoms with van der Waals surface area (Å²) in [5.41, 5.74) is 1.02. The third-order valence-corrected chi connectivity index (χ3v) is 6.92. The number of anilines is 1. The molecule has 1 aromatic heterocycles. The van der Waals surface area contributed by atoms with Gasteiger partial charge in [0.25, 0.3) is 5.91 Å². The van der Waals surface area contributed by atoms with Crippen molar-refractivity contribution < 1.29 is 19.1 Å². The van der Waals surface area contributed by atoms with Crippen molar-refractivity contribution in [2.24, 2.45) is 5.92 Å². The summed E-state index contributed by atoms with van der Waals surface area (Å²) >= 11 is 1.64. The van der Waals surface area contributed by atoms with Gasteiger partial charge >= 0.3 is 0 Å². The van der Waals surface area contributed by atoms with Gasteiger partial charge in [-0.1, -0.05) is 13.8 Å². The zero-order valence-corrected chi connectivity index (χ0v) is 21.6. The van der Waals surface area contributed by atoms with Crippen molar-refractivity contribution in [1.82, 2.24) is 14.8 Å². The van der Waals surface area contributed by atoms with E-state index < -0.39 is 0 Å². The van der Waals surface area contributed by atoms with Crippen LogP contribution in [0.3, 0.4) is 0 Å². The fraction of sp³-hybridized carbons (Fsp3) is 0.560. The van der Waals surface area contributed by atoms with E-state index in [2.05, 4.69) is 29.0 Å². The van der Waals surface area contributed by atoms with E-state index in [1.54, 1.807) is 48.6 Å². The SMILES string of the molecule is CCCC(=O)Nc1ccc2c(c1)C(=O)N(C)C[C@H](OC)[C@@H](C)CN(Cc1nccs1)[C@@H](C)CO2. The van der Waals surface area contributed by atoms with Gasteiger partial charge in [-0.05, 0) is 37.5 Å². The van der Waals surface area contributed by atoms with Gasteiger partial charge in [-0.15, -0.1) is 11.3 Å². The Morgan fingerprint density at radius 3 is 2.79 bits per heavy atom. The molecule has 1 aliphatic rings. The van der Waals surface area contributed by atoms with Crippen LogP contribution in [0.4, 0.5) is 5.69 Å². The smallest absolute Gasteiger partial charge is 0.257 e. The highest BCUT2D eigenvalue weighted by Gasteiger charge is 2.28. The molecule has 0 fully saturated rings. The van der Waals surface area contributed by atoms with Crippen molar-refractivity contribution in [1.29, 1.82) is 0 Å². The van der Waals surface area contributed by atoms with Crippen molar-refractivity contribution in [3.8, 4) is 5.75 Å². The second kappa shape index (κ2) is 12.3. The Labute approximate surface area is 206 Å². The molecule has 3 atom stereocenters. The average Bonchev–Trinajstić information content (AvgIpc) is 3.33. The van der Waals surface area contributed by atoms with Crippen LogP contribution in [0.25, 0.3) is 0 Å². The van der Waals surface area contributed by atoms with E-state index in [1.165, 1.54) is 0 Å². The number of rotatable bonds is 6. The maximum Gasteiger partial charge on any atom is 0.257 e. The molecule has 0 spiro atoms. The lowest BCUT2D eigenvalue weighted by Gasteiger charge is -2.35. The summed E-state index contributed by atoms with van der Waals surface area (Å²) in [5, 5.41) is 5.92. The minimum absolute atomic E-state index is 0.0722. The predicted octanol–water partition coefficient (Wildman–Crippen LogP) is 3.89. The van der Waals surface area contributed by atoms with Gasteiger partial charge in [0.05, 0.1) is 18.2 Å². The molecule has 1 aromatic carbocycles. The number of benzene rings is 1. The van der Waals surface area contributed by atoms with Crippen LogP contribution in [0.15, 0.2) is 29.8 Å². The van der Waals surface area contributed by atoms with Crippen LogP contribution in [0.5, 0.6) is 5.75 Å². The summed E-state index contributed by atoms with van der Waals surface area (Å²) in [6.45, 7) is 8.61. The molecule has 1 N–H and O–H groups in total. The zero-order chi connectivity index (χ0) is 24.7. The highest BCUT2D eigenvalue weighted by molar-refractivity contribution is 7.09. The molecule has 0 bridgehead atoms. The number of ether oxygens (including phenoxy) is 2. The number of aromatic nitrogens is 1. The number of hydrogen-bond donors (Lipinski definition) is 1. The summed E-state index contributed by atoms with van der Waals surface area (Å²) < 4.78 is 12.0. The van der Waals surface area contributed by atoms with Crippen LogP contribution in [0.1, 0.15) is 49.0 Å². The van der Waals surface area contributed by atoms with E-state index in [0.717, 1.165) is 24.5 Å². The Balaban J connectivity index is 1.91. The molecule has 9 heteroatoms. The standard InChI is InChI=1S/C25H36N4O4S/c1-6-7-23(30)27-19-8-9-21-20(12-19)25(31)28(4)14-22(32-5)17(2)13-29(18(3)16-33-21)15-24-26-10-11-34-24/h8-12,17-18,22H,6-7,13-16H2,1-5H3,(H,27,30)/t17-,18-,22-/m0/s1. The fourth-order valence-corrected chi connectivity index (χ4v) is 4.75. The van der Waals surface area contributed by atoms with Crippen molar-refractivity contribution in [3.63, 3.8) is 0 Å². The quantitative estimate of drug-likeness (QED) is 0.664. The number of carbonyl (C=O) groups excluding carboxylic acids is 2. The number of nitrogens with zero attached hydrogens (tertiary/aromatic N) is 3. The topological polar surface area (TPSA) is 84.0 Å². The molecule has 0 radical (unpaired) electrons. The molecule has 34 heavy (non-hydrogen) atoms. The number of amides is 2. The minimum atomic E-state index is -0.163. The Morgan fingerprint density at radius 1 is 1.32 bits per heavy atom. The summed E-state index contributed by atoms with van der Waals surface area (Å²) in [6.07, 6.45) is 2.89. The van der Waals surface area contributed by atoms with Crippen LogP contribution in [0.2, 0.25) is 0 Å². The second-order valence-electron chi connectivity index (χ2n) is 8.96. The van der Waals surface area contributed by atoms with Crippen LogP contribution in [-0.4, -0.2) is 72.6 Å². The first kappa shape index (κ1) is 26.1. The molecule has 1 aliphatic heterocycles. The lowest BCUT2D eigenvalue weighted by atomic mass is 10.0. The van der Waals surface area contributed by atoms with Gasteiger partial charge in [-0.3, -0.25) is 14.5 Å². The minimum Gasteiger partial charge on any atom is -0.491 e. The highest BCUT2D eigenvalue weighted by atomic mass is 32.1. The van der Waals surface area contributed by atoms with Gasteiger partial charge in [0, 0.05) is 57.0 Å². The van der Waals surface area contributed by atoms with Crippen molar-refractivity contribution in [3.05, 3.63) is 40.3 Å². The number of nitrogens with one attached hydrogen (secondary N) is 1. The van der Waals surface area contributed by atoms with Crippen molar-refractivity contribution >= 4 is 28.8 Å². The average molecular weight is 489 g/mol.